The standard InChI is InChI=1S/C18H31NO7/c1-11(19-16(24)26-18(5,6)7)13(20)10-12(15(22)23)8-9-14(21)25-17(2,3)4/h11-12H,8-10H2,1-7H3,(H,19,24)(H,22,23)/t11?,12-/m0/s1. The number of rotatable bonds is 8. The van der Waals surface area contributed by atoms with E-state index >= 15 is 0 Å². The lowest BCUT2D eigenvalue weighted by molar-refractivity contribution is -0.155. The molecule has 0 radical (unpaired) electrons. The Morgan fingerprint density at radius 2 is 1.46 bits per heavy atom. The molecule has 8 heteroatoms. The van der Waals surface area contributed by atoms with Crippen molar-refractivity contribution in [2.45, 2.75) is 85.0 Å². The van der Waals surface area contributed by atoms with E-state index in [-0.39, 0.29) is 19.3 Å². The van der Waals surface area contributed by atoms with E-state index in [0.29, 0.717) is 0 Å². The first-order valence-electron chi connectivity index (χ1n) is 8.57. The molecule has 0 saturated carbocycles. The van der Waals surface area contributed by atoms with Gasteiger partial charge in [0.25, 0.3) is 0 Å². The molecule has 0 aliphatic carbocycles. The van der Waals surface area contributed by atoms with Crippen molar-refractivity contribution in [3.63, 3.8) is 0 Å². The van der Waals surface area contributed by atoms with Crippen molar-refractivity contribution in [2.24, 2.45) is 5.92 Å². The van der Waals surface area contributed by atoms with E-state index in [9.17, 15) is 24.3 Å². The molecule has 1 unspecified atom stereocenters. The fourth-order valence-electron chi connectivity index (χ4n) is 1.98. The molecule has 2 N–H and O–H groups in total. The zero-order valence-corrected chi connectivity index (χ0v) is 16.7. The fraction of sp³-hybridized carbons (Fsp3) is 0.778. The minimum Gasteiger partial charge on any atom is -0.481 e. The SMILES string of the molecule is CC(NC(=O)OC(C)(C)C)C(=O)C[C@H](CCC(=O)OC(C)(C)C)C(=O)O. The number of hydrogen-bond donors (Lipinski definition) is 2. The third-order valence-corrected chi connectivity index (χ3v) is 3.13. The number of ketones is 1. The number of alkyl carbamates (subject to hydrolysis) is 1. The monoisotopic (exact) mass is 373 g/mol. The first-order chi connectivity index (χ1) is 11.6. The Balaban J connectivity index is 4.61. The third-order valence-electron chi connectivity index (χ3n) is 3.13. The summed E-state index contributed by atoms with van der Waals surface area (Å²) in [5, 5.41) is 11.6. The first-order valence-corrected chi connectivity index (χ1v) is 8.57. The molecule has 0 fully saturated rings. The normalized spacial score (nSPS) is 14.1. The zero-order valence-electron chi connectivity index (χ0n) is 16.7. The van der Waals surface area contributed by atoms with E-state index < -0.39 is 47.0 Å². The van der Waals surface area contributed by atoms with Gasteiger partial charge in [-0.1, -0.05) is 0 Å². The Kier molecular flexibility index (Phi) is 8.76. The van der Waals surface area contributed by atoms with Crippen molar-refractivity contribution < 1.29 is 33.8 Å². The summed E-state index contributed by atoms with van der Waals surface area (Å²) in [5.74, 6) is -3.17. The Hall–Kier alpha value is -2.12. The number of carboxylic acid groups (broad SMARTS) is 1. The Morgan fingerprint density at radius 3 is 1.88 bits per heavy atom. The van der Waals surface area contributed by atoms with Crippen molar-refractivity contribution in [2.75, 3.05) is 0 Å². The molecule has 2 atom stereocenters. The lowest BCUT2D eigenvalue weighted by atomic mass is 9.94. The molecule has 0 rings (SSSR count). The summed E-state index contributed by atoms with van der Waals surface area (Å²) >= 11 is 0. The molecule has 0 spiro atoms. The number of nitrogens with one attached hydrogen (secondary N) is 1. The molecule has 0 aromatic carbocycles. The van der Waals surface area contributed by atoms with Crippen LogP contribution in [-0.4, -0.2) is 46.2 Å². The van der Waals surface area contributed by atoms with E-state index in [1.54, 1.807) is 41.5 Å². The lowest BCUT2D eigenvalue weighted by Gasteiger charge is -2.22. The maximum Gasteiger partial charge on any atom is 0.408 e. The van der Waals surface area contributed by atoms with Gasteiger partial charge < -0.3 is 19.9 Å². The predicted molar refractivity (Wildman–Crippen MR) is 94.7 cm³/mol. The molecule has 0 bridgehead atoms. The Labute approximate surface area is 154 Å². The van der Waals surface area contributed by atoms with Crippen LogP contribution in [0.15, 0.2) is 0 Å². The number of hydrogen-bond acceptors (Lipinski definition) is 6. The van der Waals surface area contributed by atoms with Crippen LogP contribution in [0.2, 0.25) is 0 Å². The molecule has 0 aliphatic rings. The number of esters is 1. The number of amides is 1. The van der Waals surface area contributed by atoms with Gasteiger partial charge in [-0.15, -0.1) is 0 Å². The van der Waals surface area contributed by atoms with Crippen LogP contribution in [0.4, 0.5) is 4.79 Å². The first kappa shape index (κ1) is 23.9. The minimum absolute atomic E-state index is 0.0187. The lowest BCUT2D eigenvalue weighted by Crippen LogP contribution is -2.42. The highest BCUT2D eigenvalue weighted by Gasteiger charge is 2.27. The summed E-state index contributed by atoms with van der Waals surface area (Å²) in [6.45, 7) is 11.7. The molecule has 0 aromatic heterocycles. The van der Waals surface area contributed by atoms with E-state index in [2.05, 4.69) is 5.32 Å². The fourth-order valence-corrected chi connectivity index (χ4v) is 1.98. The molecule has 8 nitrogen and oxygen atoms in total. The summed E-state index contributed by atoms with van der Waals surface area (Å²) in [4.78, 5) is 46.9. The number of carboxylic acids is 1. The topological polar surface area (TPSA) is 119 Å². The van der Waals surface area contributed by atoms with Crippen LogP contribution in [0, 0.1) is 5.92 Å². The second kappa shape index (κ2) is 9.54. The van der Waals surface area contributed by atoms with Crippen LogP contribution in [0.1, 0.15) is 67.7 Å². The van der Waals surface area contributed by atoms with Gasteiger partial charge in [0.05, 0.1) is 12.0 Å². The molecule has 0 aliphatic heterocycles. The summed E-state index contributed by atoms with van der Waals surface area (Å²) < 4.78 is 10.2. The highest BCUT2D eigenvalue weighted by molar-refractivity contribution is 5.90. The van der Waals surface area contributed by atoms with Crippen molar-refractivity contribution >= 4 is 23.8 Å². The minimum atomic E-state index is -1.17. The average Bonchev–Trinajstić information content (AvgIpc) is 2.38. The third kappa shape index (κ3) is 11.4. The van der Waals surface area contributed by atoms with Crippen LogP contribution >= 0.6 is 0 Å². The van der Waals surface area contributed by atoms with Crippen molar-refractivity contribution in [3.05, 3.63) is 0 Å². The largest absolute Gasteiger partial charge is 0.481 e. The quantitative estimate of drug-likeness (QED) is 0.628. The average molecular weight is 373 g/mol. The van der Waals surface area contributed by atoms with Crippen molar-refractivity contribution in [1.82, 2.24) is 5.32 Å². The number of carbonyl (C=O) groups excluding carboxylic acids is 3. The number of carbonyl (C=O) groups is 4. The predicted octanol–water partition coefficient (Wildman–Crippen LogP) is 2.68. The van der Waals surface area contributed by atoms with E-state index in [0.717, 1.165) is 0 Å². The smallest absolute Gasteiger partial charge is 0.408 e. The second-order valence-corrected chi connectivity index (χ2v) is 8.20. The van der Waals surface area contributed by atoms with E-state index in [1.807, 2.05) is 0 Å². The van der Waals surface area contributed by atoms with Gasteiger partial charge in [0.1, 0.15) is 11.2 Å². The summed E-state index contributed by atoms with van der Waals surface area (Å²) in [7, 11) is 0. The molecule has 1 amide bonds. The summed E-state index contributed by atoms with van der Waals surface area (Å²) in [5.41, 5.74) is -1.36. The molecular formula is C18H31NO7. The molecule has 0 aromatic rings. The Morgan fingerprint density at radius 1 is 0.962 bits per heavy atom. The van der Waals surface area contributed by atoms with Gasteiger partial charge >= 0.3 is 18.0 Å². The summed E-state index contributed by atoms with van der Waals surface area (Å²) in [6, 6.07) is -0.895. The summed E-state index contributed by atoms with van der Waals surface area (Å²) in [6.07, 6.45) is -1.17. The van der Waals surface area contributed by atoms with Gasteiger partial charge in [0.2, 0.25) is 0 Å². The second-order valence-electron chi connectivity index (χ2n) is 8.20. The highest BCUT2D eigenvalue weighted by Crippen LogP contribution is 2.17. The van der Waals surface area contributed by atoms with Crippen LogP contribution in [0.3, 0.4) is 0 Å². The van der Waals surface area contributed by atoms with Crippen LogP contribution in [-0.2, 0) is 23.9 Å². The number of Topliss-reactive ketones (excluding diaryl/α,β-unsaturated/α-hetero) is 1. The van der Waals surface area contributed by atoms with Gasteiger partial charge in [0, 0.05) is 12.8 Å². The molecule has 26 heavy (non-hydrogen) atoms. The van der Waals surface area contributed by atoms with Gasteiger partial charge in [-0.25, -0.2) is 4.79 Å². The van der Waals surface area contributed by atoms with Gasteiger partial charge in [0.15, 0.2) is 5.78 Å². The van der Waals surface area contributed by atoms with E-state index in [1.165, 1.54) is 6.92 Å². The highest BCUT2D eigenvalue weighted by atomic mass is 16.6. The molecule has 150 valence electrons. The van der Waals surface area contributed by atoms with Gasteiger partial charge in [-0.05, 0) is 54.9 Å². The van der Waals surface area contributed by atoms with E-state index in [4.69, 9.17) is 9.47 Å². The maximum absolute atomic E-state index is 12.2. The van der Waals surface area contributed by atoms with Crippen molar-refractivity contribution in [1.29, 1.82) is 0 Å². The Bertz CT molecular complexity index is 529. The molecular weight excluding hydrogens is 342 g/mol. The zero-order chi connectivity index (χ0) is 20.7. The number of aliphatic carboxylic acids is 1. The number of ether oxygens (including phenoxy) is 2. The maximum atomic E-state index is 12.2. The van der Waals surface area contributed by atoms with Crippen molar-refractivity contribution in [3.8, 4) is 0 Å². The van der Waals surface area contributed by atoms with Crippen LogP contribution in [0.5, 0.6) is 0 Å². The van der Waals surface area contributed by atoms with Gasteiger partial charge in [-0.2, -0.15) is 0 Å². The van der Waals surface area contributed by atoms with Gasteiger partial charge in [-0.3, -0.25) is 14.4 Å². The molecule has 0 saturated heterocycles. The van der Waals surface area contributed by atoms with Crippen LogP contribution in [0.25, 0.3) is 0 Å². The molecule has 0 heterocycles. The van der Waals surface area contributed by atoms with Crippen LogP contribution < -0.4 is 5.32 Å².